The van der Waals surface area contributed by atoms with E-state index >= 15 is 0 Å². The van der Waals surface area contributed by atoms with E-state index in [-0.39, 0.29) is 5.91 Å². The number of para-hydroxylation sites is 1. The lowest BCUT2D eigenvalue weighted by atomic mass is 9.95. The van der Waals surface area contributed by atoms with Gasteiger partial charge in [0.2, 0.25) is 0 Å². The van der Waals surface area contributed by atoms with Gasteiger partial charge >= 0.3 is 0 Å². The lowest BCUT2D eigenvalue weighted by Gasteiger charge is -2.10. The maximum Gasteiger partial charge on any atom is 0.273 e. The molecular weight excluding hydrogens is 288 g/mol. The molecule has 0 spiro atoms. The van der Waals surface area contributed by atoms with Gasteiger partial charge in [-0.25, -0.2) is 5.43 Å². The van der Waals surface area contributed by atoms with E-state index < -0.39 is 0 Å². The van der Waals surface area contributed by atoms with Gasteiger partial charge in [-0.1, -0.05) is 12.1 Å². The van der Waals surface area contributed by atoms with Crippen LogP contribution < -0.4 is 5.43 Å². The van der Waals surface area contributed by atoms with Crippen molar-refractivity contribution in [1.82, 2.24) is 15.4 Å². The third-order valence-electron chi connectivity index (χ3n) is 4.37. The van der Waals surface area contributed by atoms with Crippen molar-refractivity contribution >= 4 is 23.0 Å². The Morgan fingerprint density at radius 3 is 2.96 bits per heavy atom. The second-order valence-corrected chi connectivity index (χ2v) is 5.84. The summed E-state index contributed by atoms with van der Waals surface area (Å²) in [6.45, 7) is 0. The summed E-state index contributed by atoms with van der Waals surface area (Å²) < 4.78 is 0. The number of benzene rings is 1. The van der Waals surface area contributed by atoms with Crippen molar-refractivity contribution in [3.63, 3.8) is 0 Å². The van der Waals surface area contributed by atoms with Gasteiger partial charge < -0.3 is 9.97 Å². The minimum absolute atomic E-state index is 0.197. The molecule has 1 aliphatic carbocycles. The van der Waals surface area contributed by atoms with E-state index in [9.17, 15) is 4.79 Å². The highest BCUT2D eigenvalue weighted by molar-refractivity contribution is 6.07. The Hall–Kier alpha value is -2.82. The Bertz CT molecular complexity index is 874. The number of rotatable bonds is 3. The van der Waals surface area contributed by atoms with Gasteiger partial charge in [0.15, 0.2) is 0 Å². The first-order chi connectivity index (χ1) is 11.3. The molecule has 1 amide bonds. The van der Waals surface area contributed by atoms with Crippen molar-refractivity contribution in [3.05, 3.63) is 59.0 Å². The van der Waals surface area contributed by atoms with Crippen molar-refractivity contribution < 1.29 is 4.79 Å². The molecule has 0 saturated carbocycles. The summed E-state index contributed by atoms with van der Waals surface area (Å²) in [5.74, 6) is -0.197. The molecule has 0 fully saturated rings. The van der Waals surface area contributed by atoms with Crippen LogP contribution in [0.3, 0.4) is 0 Å². The quantitative estimate of drug-likeness (QED) is 0.505. The fourth-order valence-corrected chi connectivity index (χ4v) is 3.26. The van der Waals surface area contributed by atoms with E-state index in [0.717, 1.165) is 24.1 Å². The number of H-pyrrole nitrogens is 2. The molecule has 1 aromatic carbocycles. The van der Waals surface area contributed by atoms with E-state index in [4.69, 9.17) is 0 Å². The van der Waals surface area contributed by atoms with Gasteiger partial charge in [0.25, 0.3) is 5.91 Å². The second kappa shape index (κ2) is 5.76. The molecule has 5 nitrogen and oxygen atoms in total. The first-order valence-corrected chi connectivity index (χ1v) is 7.92. The van der Waals surface area contributed by atoms with Crippen molar-refractivity contribution in [2.24, 2.45) is 5.10 Å². The maximum atomic E-state index is 12.4. The summed E-state index contributed by atoms with van der Waals surface area (Å²) >= 11 is 0. The van der Waals surface area contributed by atoms with Crippen LogP contribution in [0.25, 0.3) is 10.9 Å². The fourth-order valence-electron chi connectivity index (χ4n) is 3.26. The topological polar surface area (TPSA) is 73.0 Å². The maximum absolute atomic E-state index is 12.4. The molecule has 2 heterocycles. The van der Waals surface area contributed by atoms with Gasteiger partial charge in [0.1, 0.15) is 0 Å². The summed E-state index contributed by atoms with van der Waals surface area (Å²) in [6, 6.07) is 9.64. The van der Waals surface area contributed by atoms with Crippen molar-refractivity contribution in [2.75, 3.05) is 0 Å². The highest BCUT2D eigenvalue weighted by Crippen LogP contribution is 2.30. The number of nitrogens with one attached hydrogen (secondary N) is 3. The van der Waals surface area contributed by atoms with Gasteiger partial charge in [-0.05, 0) is 49.4 Å². The van der Waals surface area contributed by atoms with Crippen LogP contribution in [0.5, 0.6) is 0 Å². The van der Waals surface area contributed by atoms with Crippen LogP contribution in [0.1, 0.15) is 40.2 Å². The molecule has 0 radical (unpaired) electrons. The summed E-state index contributed by atoms with van der Waals surface area (Å²) in [7, 11) is 0. The number of hydrogen-bond acceptors (Lipinski definition) is 2. The fraction of sp³-hybridized carbons (Fsp3) is 0.222. The van der Waals surface area contributed by atoms with E-state index in [2.05, 4.69) is 26.6 Å². The average molecular weight is 306 g/mol. The Morgan fingerprint density at radius 1 is 1.17 bits per heavy atom. The third-order valence-corrected chi connectivity index (χ3v) is 4.37. The number of aromatic amines is 2. The van der Waals surface area contributed by atoms with Gasteiger partial charge in [-0.2, -0.15) is 5.10 Å². The standard InChI is InChI=1S/C18H18N4O/c23-18(22-20-11-12-5-4-10-19-12)15-8-3-7-14-13-6-1-2-9-16(13)21-17(14)15/h3-5,7-8,10-11,19,21H,1-2,6,9H2,(H,22,23). The first kappa shape index (κ1) is 13.8. The lowest BCUT2D eigenvalue weighted by Crippen LogP contribution is -2.18. The predicted molar refractivity (Wildman–Crippen MR) is 90.8 cm³/mol. The zero-order valence-corrected chi connectivity index (χ0v) is 12.7. The number of fused-ring (bicyclic) bond motifs is 3. The van der Waals surface area contributed by atoms with Crippen LogP contribution in [-0.2, 0) is 12.8 Å². The van der Waals surface area contributed by atoms with Crippen molar-refractivity contribution in [2.45, 2.75) is 25.7 Å². The number of aryl methyl sites for hydroxylation is 2. The van der Waals surface area contributed by atoms with Gasteiger partial charge in [-0.3, -0.25) is 4.79 Å². The van der Waals surface area contributed by atoms with Crippen LogP contribution in [0.4, 0.5) is 0 Å². The van der Waals surface area contributed by atoms with Gasteiger partial charge in [-0.15, -0.1) is 0 Å². The third kappa shape index (κ3) is 2.54. The lowest BCUT2D eigenvalue weighted by molar-refractivity contribution is 0.0956. The molecule has 1 aliphatic rings. The molecule has 5 heteroatoms. The number of carbonyl (C=O) groups excluding carboxylic acids is 1. The zero-order chi connectivity index (χ0) is 15.6. The summed E-state index contributed by atoms with van der Waals surface area (Å²) in [6.07, 6.45) is 7.99. The van der Waals surface area contributed by atoms with Crippen LogP contribution in [0.2, 0.25) is 0 Å². The number of hydrogen-bond donors (Lipinski definition) is 3. The highest BCUT2D eigenvalue weighted by atomic mass is 16.2. The molecule has 0 atom stereocenters. The van der Waals surface area contributed by atoms with E-state index in [1.165, 1.54) is 29.5 Å². The number of hydrazone groups is 1. The molecule has 2 aromatic heterocycles. The minimum Gasteiger partial charge on any atom is -0.360 e. The molecule has 23 heavy (non-hydrogen) atoms. The molecule has 116 valence electrons. The van der Waals surface area contributed by atoms with Gasteiger partial charge in [0, 0.05) is 17.3 Å². The Morgan fingerprint density at radius 2 is 2.09 bits per heavy atom. The molecule has 3 aromatic rings. The molecule has 0 unspecified atom stereocenters. The van der Waals surface area contributed by atoms with Crippen LogP contribution in [-0.4, -0.2) is 22.1 Å². The molecule has 0 saturated heterocycles. The van der Waals surface area contributed by atoms with Crippen molar-refractivity contribution in [3.8, 4) is 0 Å². The van der Waals surface area contributed by atoms with E-state index in [0.29, 0.717) is 5.56 Å². The predicted octanol–water partition coefficient (Wildman–Crippen LogP) is 3.14. The van der Waals surface area contributed by atoms with Crippen molar-refractivity contribution in [1.29, 1.82) is 0 Å². The molecule has 0 bridgehead atoms. The Balaban J connectivity index is 1.63. The minimum atomic E-state index is -0.197. The highest BCUT2D eigenvalue weighted by Gasteiger charge is 2.18. The largest absolute Gasteiger partial charge is 0.360 e. The molecule has 3 N–H and O–H groups in total. The first-order valence-electron chi connectivity index (χ1n) is 7.92. The number of amides is 1. The van der Waals surface area contributed by atoms with Gasteiger partial charge in [0.05, 0.1) is 23.0 Å². The number of nitrogens with zero attached hydrogens (tertiary/aromatic N) is 1. The number of aromatic nitrogens is 2. The van der Waals surface area contributed by atoms with Crippen LogP contribution in [0.15, 0.2) is 41.6 Å². The van der Waals surface area contributed by atoms with Crippen LogP contribution in [0, 0.1) is 0 Å². The van der Waals surface area contributed by atoms with E-state index in [1.807, 2.05) is 30.5 Å². The normalized spacial score (nSPS) is 14.3. The average Bonchev–Trinajstić information content (AvgIpc) is 3.21. The summed E-state index contributed by atoms with van der Waals surface area (Å²) in [4.78, 5) is 18.9. The molecular formula is C18H18N4O. The summed E-state index contributed by atoms with van der Waals surface area (Å²) in [5.41, 5.74) is 7.66. The zero-order valence-electron chi connectivity index (χ0n) is 12.7. The Labute approximate surface area is 133 Å². The number of carbonyl (C=O) groups is 1. The summed E-state index contributed by atoms with van der Waals surface area (Å²) in [5, 5.41) is 5.18. The monoisotopic (exact) mass is 306 g/mol. The Kier molecular flexibility index (Phi) is 3.46. The SMILES string of the molecule is O=C(NN=Cc1ccc[nH]1)c1cccc2c3c([nH]c12)CCCC3. The molecule has 0 aliphatic heterocycles. The second-order valence-electron chi connectivity index (χ2n) is 5.84. The molecule has 4 rings (SSSR count). The smallest absolute Gasteiger partial charge is 0.273 e. The van der Waals surface area contributed by atoms with Crippen LogP contribution >= 0.6 is 0 Å². The van der Waals surface area contributed by atoms with E-state index in [1.54, 1.807) is 6.21 Å².